The zero-order chi connectivity index (χ0) is 16.8. The molecule has 24 heavy (non-hydrogen) atoms. The van der Waals surface area contributed by atoms with E-state index in [1.54, 1.807) is 18.1 Å². The molecule has 1 aromatic rings. The van der Waals surface area contributed by atoms with Gasteiger partial charge in [-0.25, -0.2) is 4.98 Å². The van der Waals surface area contributed by atoms with Gasteiger partial charge in [0.15, 0.2) is 0 Å². The zero-order valence-corrected chi connectivity index (χ0v) is 14.5. The molecule has 0 aromatic carbocycles. The lowest BCUT2D eigenvalue weighted by atomic mass is 9.82. The van der Waals surface area contributed by atoms with Crippen LogP contribution in [-0.4, -0.2) is 32.4 Å². The van der Waals surface area contributed by atoms with Crippen molar-refractivity contribution in [1.29, 1.82) is 0 Å². The number of nitrogens with zero attached hydrogens (tertiary/aromatic N) is 3. The topological polar surface area (TPSA) is 55.2 Å². The van der Waals surface area contributed by atoms with Crippen molar-refractivity contribution in [2.45, 2.75) is 77.4 Å². The van der Waals surface area contributed by atoms with E-state index in [0.29, 0.717) is 17.6 Å². The fourth-order valence-electron chi connectivity index (χ4n) is 4.43. The summed E-state index contributed by atoms with van der Waals surface area (Å²) >= 11 is 0. The van der Waals surface area contributed by atoms with Crippen LogP contribution in [-0.2, 0) is 11.3 Å². The molecule has 2 aliphatic heterocycles. The van der Waals surface area contributed by atoms with Gasteiger partial charge in [0.2, 0.25) is 5.91 Å². The Bertz CT molecular complexity index is 755. The normalized spacial score (nSPS) is 25.8. The van der Waals surface area contributed by atoms with Crippen LogP contribution in [0.5, 0.6) is 0 Å². The Morgan fingerprint density at radius 2 is 1.83 bits per heavy atom. The second-order valence-electron chi connectivity index (χ2n) is 7.54. The first kappa shape index (κ1) is 15.6. The Morgan fingerprint density at radius 3 is 2.42 bits per heavy atom. The number of amides is 1. The molecule has 2 atom stereocenters. The first-order valence-electron chi connectivity index (χ1n) is 9.08. The summed E-state index contributed by atoms with van der Waals surface area (Å²) in [5.74, 6) is 0.0762. The average molecular weight is 327 g/mol. The number of carbonyl (C=O) groups is 1. The van der Waals surface area contributed by atoms with Gasteiger partial charge in [-0.1, -0.05) is 11.1 Å². The lowest BCUT2D eigenvalue weighted by Gasteiger charge is -2.38. The number of hydrogen-bond acceptors (Lipinski definition) is 3. The van der Waals surface area contributed by atoms with Crippen LogP contribution in [0.25, 0.3) is 0 Å². The van der Waals surface area contributed by atoms with Crippen LogP contribution in [0.2, 0.25) is 0 Å². The zero-order valence-electron chi connectivity index (χ0n) is 14.5. The van der Waals surface area contributed by atoms with E-state index in [4.69, 9.17) is 0 Å². The maximum atomic E-state index is 12.9. The Balaban J connectivity index is 1.52. The summed E-state index contributed by atoms with van der Waals surface area (Å²) in [6.45, 7) is 3.71. The maximum absolute atomic E-state index is 12.9. The van der Waals surface area contributed by atoms with Crippen molar-refractivity contribution in [3.63, 3.8) is 0 Å². The van der Waals surface area contributed by atoms with Crippen LogP contribution in [0.15, 0.2) is 22.3 Å². The van der Waals surface area contributed by atoms with Crippen LogP contribution in [0.1, 0.15) is 56.2 Å². The fourth-order valence-corrected chi connectivity index (χ4v) is 4.43. The molecule has 5 nitrogen and oxygen atoms in total. The number of aromatic nitrogens is 2. The van der Waals surface area contributed by atoms with E-state index < -0.39 is 0 Å². The molecule has 3 aliphatic rings. The summed E-state index contributed by atoms with van der Waals surface area (Å²) in [6, 6.07) is 0.684. The van der Waals surface area contributed by atoms with Gasteiger partial charge in [-0.05, 0) is 58.8 Å². The highest BCUT2D eigenvalue weighted by Crippen LogP contribution is 2.43. The molecule has 3 fully saturated rings. The molecular weight excluding hydrogens is 302 g/mol. The molecule has 128 valence electrons. The summed E-state index contributed by atoms with van der Waals surface area (Å²) < 4.78 is 1.46. The lowest BCUT2D eigenvalue weighted by Crippen LogP contribution is -2.47. The molecule has 1 amide bonds. The minimum absolute atomic E-state index is 0.0762. The van der Waals surface area contributed by atoms with Crippen molar-refractivity contribution in [3.05, 3.63) is 39.1 Å². The van der Waals surface area contributed by atoms with Crippen molar-refractivity contribution < 1.29 is 4.79 Å². The van der Waals surface area contributed by atoms with Gasteiger partial charge in [-0.15, -0.1) is 0 Å². The molecule has 0 N–H and O–H groups in total. The molecule has 1 aromatic heterocycles. The van der Waals surface area contributed by atoms with Crippen LogP contribution in [0.3, 0.4) is 0 Å². The summed E-state index contributed by atoms with van der Waals surface area (Å²) in [7, 11) is 0. The van der Waals surface area contributed by atoms with Gasteiger partial charge in [0.1, 0.15) is 6.54 Å². The van der Waals surface area contributed by atoms with Gasteiger partial charge in [-0.2, -0.15) is 0 Å². The van der Waals surface area contributed by atoms with Gasteiger partial charge in [0.25, 0.3) is 5.56 Å². The monoisotopic (exact) mass is 327 g/mol. The minimum atomic E-state index is -0.0996. The molecule has 4 rings (SSSR count). The molecule has 2 unspecified atom stereocenters. The van der Waals surface area contributed by atoms with E-state index in [9.17, 15) is 9.59 Å². The average Bonchev–Trinajstić information content (AvgIpc) is 2.77. The third-order valence-electron chi connectivity index (χ3n) is 6.15. The highest BCUT2D eigenvalue weighted by Gasteiger charge is 2.42. The molecule has 2 bridgehead atoms. The maximum Gasteiger partial charge on any atom is 0.256 e. The first-order chi connectivity index (χ1) is 11.5. The Labute approximate surface area is 142 Å². The predicted molar refractivity (Wildman–Crippen MR) is 91.7 cm³/mol. The Hall–Kier alpha value is -1.91. The van der Waals surface area contributed by atoms with Gasteiger partial charge in [0.05, 0.1) is 6.33 Å². The van der Waals surface area contributed by atoms with E-state index in [0.717, 1.165) is 31.4 Å². The highest BCUT2D eigenvalue weighted by atomic mass is 16.2. The van der Waals surface area contributed by atoms with Crippen LogP contribution >= 0.6 is 0 Å². The SMILES string of the molecule is Cc1ncn(CC(=O)N2C3CCC2CC(=C2CCC2)C3)c(=O)c1C. The van der Waals surface area contributed by atoms with Gasteiger partial charge in [-0.3, -0.25) is 14.2 Å². The van der Waals surface area contributed by atoms with Crippen LogP contribution < -0.4 is 5.56 Å². The summed E-state index contributed by atoms with van der Waals surface area (Å²) in [5, 5.41) is 0. The number of allylic oxidation sites excluding steroid dienone is 1. The van der Waals surface area contributed by atoms with Crippen LogP contribution in [0.4, 0.5) is 0 Å². The smallest absolute Gasteiger partial charge is 0.256 e. The molecule has 1 saturated carbocycles. The van der Waals surface area contributed by atoms with Crippen molar-refractivity contribution in [3.8, 4) is 0 Å². The van der Waals surface area contributed by atoms with Gasteiger partial charge >= 0.3 is 0 Å². The molecule has 3 heterocycles. The van der Waals surface area contributed by atoms with Crippen LogP contribution in [0, 0.1) is 13.8 Å². The Morgan fingerprint density at radius 1 is 1.17 bits per heavy atom. The van der Waals surface area contributed by atoms with E-state index >= 15 is 0 Å². The number of hydrogen-bond donors (Lipinski definition) is 0. The van der Waals surface area contributed by atoms with E-state index in [1.807, 2.05) is 6.92 Å². The summed E-state index contributed by atoms with van der Waals surface area (Å²) in [5.41, 5.74) is 4.55. The molecule has 5 heteroatoms. The van der Waals surface area contributed by atoms with Crippen molar-refractivity contribution in [1.82, 2.24) is 14.5 Å². The standard InChI is InChI=1S/C19H25N3O2/c1-12-13(2)20-11-21(19(12)24)10-18(23)22-16-6-7-17(22)9-15(8-16)14-4-3-5-14/h11,16-17H,3-10H2,1-2H3. The third kappa shape index (κ3) is 2.50. The van der Waals surface area contributed by atoms with Gasteiger partial charge < -0.3 is 4.90 Å². The minimum Gasteiger partial charge on any atom is -0.335 e. The number of fused-ring (bicyclic) bond motifs is 2. The fraction of sp³-hybridized carbons (Fsp3) is 0.632. The molecule has 1 aliphatic carbocycles. The number of rotatable bonds is 2. The first-order valence-corrected chi connectivity index (χ1v) is 9.08. The van der Waals surface area contributed by atoms with Crippen molar-refractivity contribution in [2.75, 3.05) is 0 Å². The quantitative estimate of drug-likeness (QED) is 0.784. The predicted octanol–water partition coefficient (Wildman–Crippen LogP) is 2.49. The van der Waals surface area contributed by atoms with E-state index in [1.165, 1.54) is 30.2 Å². The summed E-state index contributed by atoms with van der Waals surface area (Å²) in [6.07, 6.45) is 9.70. The van der Waals surface area contributed by atoms with Crippen molar-refractivity contribution >= 4 is 5.91 Å². The largest absolute Gasteiger partial charge is 0.335 e. The second-order valence-corrected chi connectivity index (χ2v) is 7.54. The molecule has 0 spiro atoms. The van der Waals surface area contributed by atoms with Gasteiger partial charge in [0, 0.05) is 23.3 Å². The second kappa shape index (κ2) is 5.87. The molecular formula is C19H25N3O2. The molecule has 2 saturated heterocycles. The van der Waals surface area contributed by atoms with E-state index in [2.05, 4.69) is 9.88 Å². The Kier molecular flexibility index (Phi) is 3.82. The van der Waals surface area contributed by atoms with Crippen molar-refractivity contribution in [2.24, 2.45) is 0 Å². The highest BCUT2D eigenvalue weighted by molar-refractivity contribution is 5.77. The third-order valence-corrected chi connectivity index (χ3v) is 6.15. The van der Waals surface area contributed by atoms with E-state index in [-0.39, 0.29) is 18.0 Å². The lowest BCUT2D eigenvalue weighted by molar-refractivity contribution is -0.135. The number of aryl methyl sites for hydroxylation is 1. The number of piperidine rings is 1. The summed E-state index contributed by atoms with van der Waals surface area (Å²) in [4.78, 5) is 31.5. The number of carbonyl (C=O) groups excluding carboxylic acids is 1. The molecule has 0 radical (unpaired) electrons.